The van der Waals surface area contributed by atoms with Crippen LogP contribution in [0.4, 0.5) is 0 Å². The summed E-state index contributed by atoms with van der Waals surface area (Å²) in [5.74, 6) is 0.0313. The Morgan fingerprint density at radius 3 is 2.83 bits per heavy atom. The summed E-state index contributed by atoms with van der Waals surface area (Å²) in [6.45, 7) is 3.84. The van der Waals surface area contributed by atoms with E-state index in [1.54, 1.807) is 24.3 Å². The van der Waals surface area contributed by atoms with Gasteiger partial charge in [0.1, 0.15) is 11.3 Å². The lowest BCUT2D eigenvalue weighted by atomic mass is 10.2. The molecule has 0 bridgehead atoms. The highest BCUT2D eigenvalue weighted by Crippen LogP contribution is 2.31. The van der Waals surface area contributed by atoms with Gasteiger partial charge in [-0.2, -0.15) is 0 Å². The summed E-state index contributed by atoms with van der Waals surface area (Å²) in [7, 11) is 0. The Morgan fingerprint density at radius 2 is 2.17 bits per heavy atom. The summed E-state index contributed by atoms with van der Waals surface area (Å²) in [5, 5.41) is 9.30. The van der Waals surface area contributed by atoms with E-state index in [4.69, 9.17) is 25.9 Å². The van der Waals surface area contributed by atoms with Crippen LogP contribution in [-0.4, -0.2) is 27.1 Å². The normalized spacial score (nSPS) is 11.2. The Morgan fingerprint density at radius 1 is 1.38 bits per heavy atom. The van der Waals surface area contributed by atoms with E-state index in [9.17, 15) is 4.79 Å². The van der Waals surface area contributed by atoms with Crippen molar-refractivity contribution in [2.24, 2.45) is 0 Å². The first-order chi connectivity index (χ1) is 11.4. The van der Waals surface area contributed by atoms with Crippen LogP contribution >= 0.6 is 11.6 Å². The smallest absolute Gasteiger partial charge is 0.307 e. The molecular formula is C17H15ClN2O4. The average molecular weight is 347 g/mol. The van der Waals surface area contributed by atoms with E-state index in [2.05, 4.69) is 9.97 Å². The van der Waals surface area contributed by atoms with Gasteiger partial charge >= 0.3 is 5.97 Å². The van der Waals surface area contributed by atoms with Crippen LogP contribution in [0.5, 0.6) is 5.75 Å². The van der Waals surface area contributed by atoms with Crippen LogP contribution in [0.2, 0.25) is 5.02 Å². The first-order valence-corrected chi connectivity index (χ1v) is 7.74. The van der Waals surface area contributed by atoms with Crippen molar-refractivity contribution < 1.29 is 19.1 Å². The lowest BCUT2D eigenvalue weighted by Gasteiger charge is -2.11. The first-order valence-electron chi connectivity index (χ1n) is 7.36. The first kappa shape index (κ1) is 16.3. The number of halogens is 1. The number of pyridine rings is 1. The number of carboxylic acid groups (broad SMARTS) is 1. The van der Waals surface area contributed by atoms with E-state index in [0.29, 0.717) is 39.0 Å². The van der Waals surface area contributed by atoms with E-state index in [0.717, 1.165) is 0 Å². The zero-order chi connectivity index (χ0) is 17.3. The molecule has 0 unspecified atom stereocenters. The van der Waals surface area contributed by atoms with Crippen molar-refractivity contribution in [2.75, 3.05) is 0 Å². The number of hydrogen-bond donors (Lipinski definition) is 1. The van der Waals surface area contributed by atoms with Gasteiger partial charge in [0.05, 0.1) is 17.5 Å². The molecule has 2 heterocycles. The van der Waals surface area contributed by atoms with Crippen LogP contribution < -0.4 is 4.74 Å². The Balaban J connectivity index is 1.94. The van der Waals surface area contributed by atoms with Gasteiger partial charge in [0, 0.05) is 11.8 Å². The molecular weight excluding hydrogens is 332 g/mol. The number of aromatic nitrogens is 2. The molecule has 0 amide bonds. The highest BCUT2D eigenvalue weighted by Gasteiger charge is 2.13. The standard InChI is InChI=1S/C17H15ClN2O4/c1-9(2)23-14-4-3-11(7-12(14)18)16-20-13-5-10(6-15(21)22)8-19-17(13)24-16/h3-5,7-9H,6H2,1-2H3,(H,21,22). The molecule has 6 nitrogen and oxygen atoms in total. The monoisotopic (exact) mass is 346 g/mol. The van der Waals surface area contributed by atoms with E-state index in [1.165, 1.54) is 6.20 Å². The fourth-order valence-corrected chi connectivity index (χ4v) is 2.47. The zero-order valence-corrected chi connectivity index (χ0v) is 13.9. The molecule has 1 aromatic carbocycles. The quantitative estimate of drug-likeness (QED) is 0.752. The highest BCUT2D eigenvalue weighted by molar-refractivity contribution is 6.32. The summed E-state index contributed by atoms with van der Waals surface area (Å²) >= 11 is 6.23. The van der Waals surface area contributed by atoms with E-state index < -0.39 is 5.97 Å². The maximum absolute atomic E-state index is 10.8. The van der Waals surface area contributed by atoms with Crippen molar-refractivity contribution in [3.63, 3.8) is 0 Å². The summed E-state index contributed by atoms with van der Waals surface area (Å²) in [4.78, 5) is 19.2. The molecule has 0 aliphatic heterocycles. The van der Waals surface area contributed by atoms with Crippen LogP contribution in [0.3, 0.4) is 0 Å². The molecule has 0 spiro atoms. The number of rotatable bonds is 5. The number of oxazole rings is 1. The van der Waals surface area contributed by atoms with E-state index >= 15 is 0 Å². The van der Waals surface area contributed by atoms with Gasteiger partial charge in [-0.05, 0) is 43.7 Å². The zero-order valence-electron chi connectivity index (χ0n) is 13.1. The highest BCUT2D eigenvalue weighted by atomic mass is 35.5. The van der Waals surface area contributed by atoms with E-state index in [1.807, 2.05) is 13.8 Å². The fraction of sp³-hybridized carbons (Fsp3) is 0.235. The number of carboxylic acids is 1. The van der Waals surface area contributed by atoms with Crippen LogP contribution in [0.1, 0.15) is 19.4 Å². The largest absolute Gasteiger partial charge is 0.489 e. The van der Waals surface area contributed by atoms with Gasteiger partial charge in [-0.25, -0.2) is 9.97 Å². The topological polar surface area (TPSA) is 85.5 Å². The van der Waals surface area contributed by atoms with Crippen molar-refractivity contribution in [1.29, 1.82) is 0 Å². The van der Waals surface area contributed by atoms with Gasteiger partial charge in [-0.1, -0.05) is 11.6 Å². The second-order valence-corrected chi connectivity index (χ2v) is 5.98. The average Bonchev–Trinajstić information content (AvgIpc) is 2.91. The summed E-state index contributed by atoms with van der Waals surface area (Å²) < 4.78 is 11.2. The number of hydrogen-bond acceptors (Lipinski definition) is 5. The Bertz CT molecular complexity index is 905. The van der Waals surface area contributed by atoms with Gasteiger partial charge < -0.3 is 14.3 Å². The molecule has 0 aliphatic rings. The Kier molecular flexibility index (Phi) is 4.40. The maximum Gasteiger partial charge on any atom is 0.307 e. The number of ether oxygens (including phenoxy) is 1. The van der Waals surface area contributed by atoms with E-state index in [-0.39, 0.29) is 12.5 Å². The third kappa shape index (κ3) is 3.49. The molecule has 0 saturated heterocycles. The summed E-state index contributed by atoms with van der Waals surface area (Å²) in [6.07, 6.45) is 1.38. The van der Waals surface area contributed by atoms with Crippen molar-refractivity contribution in [1.82, 2.24) is 9.97 Å². The molecule has 2 aromatic heterocycles. The van der Waals surface area contributed by atoms with Crippen molar-refractivity contribution >= 4 is 28.8 Å². The van der Waals surface area contributed by atoms with Gasteiger partial charge in [-0.3, -0.25) is 4.79 Å². The minimum absolute atomic E-state index is 0.0227. The maximum atomic E-state index is 10.8. The molecule has 3 rings (SSSR count). The van der Waals surface area contributed by atoms with Gasteiger partial charge in [-0.15, -0.1) is 0 Å². The fourth-order valence-electron chi connectivity index (χ4n) is 2.24. The number of fused-ring (bicyclic) bond motifs is 1. The van der Waals surface area contributed by atoms with Gasteiger partial charge in [0.2, 0.25) is 11.6 Å². The van der Waals surface area contributed by atoms with Crippen LogP contribution in [0.15, 0.2) is 34.9 Å². The molecule has 3 aromatic rings. The molecule has 0 aliphatic carbocycles. The van der Waals surface area contributed by atoms with Gasteiger partial charge in [0.15, 0.2) is 0 Å². The van der Waals surface area contributed by atoms with Crippen LogP contribution in [0.25, 0.3) is 22.7 Å². The molecule has 0 radical (unpaired) electrons. The summed E-state index contributed by atoms with van der Waals surface area (Å²) in [6, 6.07) is 6.92. The molecule has 0 fully saturated rings. The van der Waals surface area contributed by atoms with Crippen molar-refractivity contribution in [3.8, 4) is 17.2 Å². The molecule has 7 heteroatoms. The molecule has 24 heavy (non-hydrogen) atoms. The van der Waals surface area contributed by atoms with Crippen LogP contribution in [0, 0.1) is 0 Å². The molecule has 1 N–H and O–H groups in total. The Labute approximate surface area is 143 Å². The number of benzene rings is 1. The molecule has 0 atom stereocenters. The SMILES string of the molecule is CC(C)Oc1ccc(-c2nc3cc(CC(=O)O)cnc3o2)cc1Cl. The predicted molar refractivity (Wildman–Crippen MR) is 89.4 cm³/mol. The summed E-state index contributed by atoms with van der Waals surface area (Å²) in [5.41, 5.74) is 2.10. The third-order valence-electron chi connectivity index (χ3n) is 3.20. The van der Waals surface area contributed by atoms with Crippen molar-refractivity contribution in [2.45, 2.75) is 26.4 Å². The lowest BCUT2D eigenvalue weighted by molar-refractivity contribution is -0.136. The minimum Gasteiger partial charge on any atom is -0.489 e. The predicted octanol–water partition coefficient (Wildman–Crippen LogP) is 3.96. The van der Waals surface area contributed by atoms with Crippen LogP contribution in [-0.2, 0) is 11.2 Å². The minimum atomic E-state index is -0.924. The number of nitrogens with zero attached hydrogens (tertiary/aromatic N) is 2. The van der Waals surface area contributed by atoms with Gasteiger partial charge in [0.25, 0.3) is 0 Å². The lowest BCUT2D eigenvalue weighted by Crippen LogP contribution is -2.05. The molecule has 124 valence electrons. The van der Waals surface area contributed by atoms with Crippen molar-refractivity contribution in [3.05, 3.63) is 41.0 Å². The third-order valence-corrected chi connectivity index (χ3v) is 3.50. The second-order valence-electron chi connectivity index (χ2n) is 5.57. The number of carbonyl (C=O) groups is 1. The molecule has 0 saturated carbocycles. The Hall–Kier alpha value is -2.60. The second kappa shape index (κ2) is 6.49. The number of aliphatic carboxylic acids is 1.